The molecule has 3 aromatic rings. The number of nitrogens with one attached hydrogen (secondary N) is 2. The second-order valence-corrected chi connectivity index (χ2v) is 10.3. The molecule has 0 saturated heterocycles. The molecule has 2 aliphatic rings. The fourth-order valence-corrected chi connectivity index (χ4v) is 5.85. The van der Waals surface area contributed by atoms with Gasteiger partial charge in [0, 0.05) is 36.3 Å². The van der Waals surface area contributed by atoms with E-state index in [0.717, 1.165) is 36.3 Å². The van der Waals surface area contributed by atoms with Crippen molar-refractivity contribution in [3.8, 4) is 0 Å². The molecule has 1 fully saturated rings. The van der Waals surface area contributed by atoms with Gasteiger partial charge in [0.05, 0.1) is 23.6 Å². The van der Waals surface area contributed by atoms with E-state index in [9.17, 15) is 14.4 Å². The summed E-state index contributed by atoms with van der Waals surface area (Å²) in [5.41, 5.74) is 8.93. The van der Waals surface area contributed by atoms with Crippen molar-refractivity contribution >= 4 is 40.4 Å². The van der Waals surface area contributed by atoms with Crippen LogP contribution >= 0.6 is 11.3 Å². The second-order valence-electron chi connectivity index (χ2n) is 9.22. The quantitative estimate of drug-likeness (QED) is 0.370. The summed E-state index contributed by atoms with van der Waals surface area (Å²) in [4.78, 5) is 49.3. The average molecular weight is 505 g/mol. The first kappa shape index (κ1) is 23.9. The first-order valence-corrected chi connectivity index (χ1v) is 12.9. The van der Waals surface area contributed by atoms with Gasteiger partial charge in [0.25, 0.3) is 5.91 Å². The molecule has 0 bridgehead atoms. The van der Waals surface area contributed by atoms with Crippen LogP contribution in [0.3, 0.4) is 0 Å². The van der Waals surface area contributed by atoms with Gasteiger partial charge in [-0.3, -0.25) is 19.4 Å². The molecule has 0 spiro atoms. The van der Waals surface area contributed by atoms with Crippen LogP contribution in [-0.2, 0) is 22.6 Å². The minimum absolute atomic E-state index is 0.00107. The summed E-state index contributed by atoms with van der Waals surface area (Å²) in [5, 5.41) is 6.03. The normalized spacial score (nSPS) is 19.3. The predicted molar refractivity (Wildman–Crippen MR) is 137 cm³/mol. The highest BCUT2D eigenvalue weighted by molar-refractivity contribution is 7.13. The highest BCUT2D eigenvalue weighted by Gasteiger charge is 2.31. The van der Waals surface area contributed by atoms with Crippen LogP contribution in [0.15, 0.2) is 48.8 Å². The number of nitrogens with zero attached hydrogens (tertiary/aromatic N) is 3. The molecule has 5 rings (SSSR count). The summed E-state index contributed by atoms with van der Waals surface area (Å²) in [6.07, 6.45) is 7.76. The molecular formula is C26H28N6O3S. The number of pyridine rings is 1. The lowest BCUT2D eigenvalue weighted by Crippen LogP contribution is -2.48. The van der Waals surface area contributed by atoms with E-state index in [1.165, 1.54) is 21.8 Å². The number of fused-ring (bicyclic) bond motifs is 1. The Kier molecular flexibility index (Phi) is 6.95. The molecule has 9 nitrogen and oxygen atoms in total. The lowest BCUT2D eigenvalue weighted by molar-refractivity contribution is -0.146. The molecule has 3 amide bonds. The highest BCUT2D eigenvalue weighted by Crippen LogP contribution is 2.32. The number of aromatic nitrogens is 2. The van der Waals surface area contributed by atoms with Crippen molar-refractivity contribution in [1.82, 2.24) is 20.2 Å². The maximum absolute atomic E-state index is 12.9. The van der Waals surface area contributed by atoms with Crippen LogP contribution in [-0.4, -0.2) is 45.2 Å². The van der Waals surface area contributed by atoms with E-state index in [2.05, 4.69) is 26.7 Å². The van der Waals surface area contributed by atoms with Crippen LogP contribution in [0.4, 0.5) is 11.4 Å². The van der Waals surface area contributed by atoms with Gasteiger partial charge in [0.2, 0.25) is 0 Å². The van der Waals surface area contributed by atoms with Gasteiger partial charge < -0.3 is 21.3 Å². The van der Waals surface area contributed by atoms with Gasteiger partial charge in [-0.15, -0.1) is 11.3 Å². The van der Waals surface area contributed by atoms with Gasteiger partial charge in [-0.2, -0.15) is 0 Å². The second kappa shape index (κ2) is 10.4. The molecule has 2 aromatic heterocycles. The third-order valence-corrected chi connectivity index (χ3v) is 7.92. The Labute approximate surface area is 213 Å². The number of nitrogens with two attached hydrogens (primary N) is 1. The molecule has 3 heterocycles. The zero-order valence-electron chi connectivity index (χ0n) is 19.8. The van der Waals surface area contributed by atoms with Gasteiger partial charge in [-0.1, -0.05) is 18.2 Å². The summed E-state index contributed by atoms with van der Waals surface area (Å²) in [6, 6.07) is 11.1. The fraction of sp³-hybridized carbons (Fsp3) is 0.346. The minimum Gasteiger partial charge on any atom is -0.397 e. The van der Waals surface area contributed by atoms with Gasteiger partial charge in [0.15, 0.2) is 5.01 Å². The Hall–Kier alpha value is -3.79. The smallest absolute Gasteiger partial charge is 0.312 e. The number of rotatable bonds is 4. The van der Waals surface area contributed by atoms with E-state index in [1.54, 1.807) is 30.5 Å². The summed E-state index contributed by atoms with van der Waals surface area (Å²) >= 11 is 1.24. The minimum atomic E-state index is -0.565. The molecular weight excluding hydrogens is 476 g/mol. The Bertz CT molecular complexity index is 1270. The molecule has 0 unspecified atom stereocenters. The van der Waals surface area contributed by atoms with E-state index in [0.29, 0.717) is 35.3 Å². The van der Waals surface area contributed by atoms with Crippen LogP contribution < -0.4 is 16.4 Å². The number of hydrogen-bond donors (Lipinski definition) is 3. The Morgan fingerprint density at radius 1 is 1.06 bits per heavy atom. The van der Waals surface area contributed by atoms with E-state index < -0.39 is 11.8 Å². The number of thiazole rings is 1. The number of hydrogen-bond acceptors (Lipinski definition) is 7. The van der Waals surface area contributed by atoms with E-state index in [1.807, 2.05) is 12.3 Å². The summed E-state index contributed by atoms with van der Waals surface area (Å²) in [5.74, 6) is -0.999. The topological polar surface area (TPSA) is 130 Å². The van der Waals surface area contributed by atoms with Crippen molar-refractivity contribution in [3.63, 3.8) is 0 Å². The molecule has 1 aliphatic carbocycles. The molecule has 1 aliphatic heterocycles. The van der Waals surface area contributed by atoms with Gasteiger partial charge in [0.1, 0.15) is 0 Å². The predicted octanol–water partition coefficient (Wildman–Crippen LogP) is 3.10. The monoisotopic (exact) mass is 504 g/mol. The molecule has 4 N–H and O–H groups in total. The van der Waals surface area contributed by atoms with Crippen LogP contribution in [0, 0.1) is 0 Å². The standard InChI is InChI=1S/C26H28N6O3S/c27-19-5-1-2-6-20(19)30-23(33)25-31-21-11-13-32(15-22(21)36-25)26(35)24(34)29-18-9-7-16(8-10-18)17-4-3-12-28-14-17/h1-6,12,14,16,18H,7-11,13,15,27H2,(H,29,34)(H,30,33). The lowest BCUT2D eigenvalue weighted by Gasteiger charge is -2.30. The summed E-state index contributed by atoms with van der Waals surface area (Å²) < 4.78 is 0. The third kappa shape index (κ3) is 5.23. The highest BCUT2D eigenvalue weighted by atomic mass is 32.1. The number of carbonyl (C=O) groups excluding carboxylic acids is 3. The van der Waals surface area contributed by atoms with Crippen molar-refractivity contribution in [2.45, 2.75) is 50.6 Å². The zero-order chi connectivity index (χ0) is 25.1. The van der Waals surface area contributed by atoms with Crippen molar-refractivity contribution in [3.05, 3.63) is 69.9 Å². The van der Waals surface area contributed by atoms with E-state index >= 15 is 0 Å². The molecule has 0 atom stereocenters. The van der Waals surface area contributed by atoms with Crippen molar-refractivity contribution in [2.75, 3.05) is 17.6 Å². The summed E-state index contributed by atoms with van der Waals surface area (Å²) in [7, 11) is 0. The third-order valence-electron chi connectivity index (χ3n) is 6.83. The van der Waals surface area contributed by atoms with Crippen LogP contribution in [0.5, 0.6) is 0 Å². The number of anilines is 2. The lowest BCUT2D eigenvalue weighted by atomic mass is 9.82. The molecule has 1 aromatic carbocycles. The zero-order valence-corrected chi connectivity index (χ0v) is 20.6. The fourth-order valence-electron chi connectivity index (χ4n) is 4.83. The van der Waals surface area contributed by atoms with Crippen molar-refractivity contribution < 1.29 is 14.4 Å². The number of nitrogen functional groups attached to an aromatic ring is 1. The van der Waals surface area contributed by atoms with E-state index in [-0.39, 0.29) is 18.5 Å². The molecule has 10 heteroatoms. The first-order valence-electron chi connectivity index (χ1n) is 12.1. The van der Waals surface area contributed by atoms with Gasteiger partial charge in [-0.25, -0.2) is 4.98 Å². The Morgan fingerprint density at radius 2 is 1.86 bits per heavy atom. The van der Waals surface area contributed by atoms with Crippen molar-refractivity contribution in [1.29, 1.82) is 0 Å². The number of carbonyl (C=O) groups is 3. The van der Waals surface area contributed by atoms with Crippen molar-refractivity contribution in [2.24, 2.45) is 0 Å². The van der Waals surface area contributed by atoms with Crippen LogP contribution in [0.25, 0.3) is 0 Å². The number of para-hydroxylation sites is 2. The summed E-state index contributed by atoms with van der Waals surface area (Å²) in [6.45, 7) is 0.664. The number of benzene rings is 1. The molecule has 1 saturated carbocycles. The largest absolute Gasteiger partial charge is 0.397 e. The maximum Gasteiger partial charge on any atom is 0.312 e. The van der Waals surface area contributed by atoms with Gasteiger partial charge in [-0.05, 0) is 55.4 Å². The SMILES string of the molecule is Nc1ccccc1NC(=O)c1nc2c(s1)CN(C(=O)C(=O)NC1CCC(c3cccnc3)CC1)CC2. The van der Waals surface area contributed by atoms with Crippen LogP contribution in [0.1, 0.15) is 57.5 Å². The molecule has 0 radical (unpaired) electrons. The number of amides is 3. The average Bonchev–Trinajstić information content (AvgIpc) is 3.34. The first-order chi connectivity index (χ1) is 17.5. The molecule has 186 valence electrons. The Balaban J connectivity index is 1.15. The van der Waals surface area contributed by atoms with Gasteiger partial charge >= 0.3 is 11.8 Å². The Morgan fingerprint density at radius 3 is 2.61 bits per heavy atom. The van der Waals surface area contributed by atoms with Crippen LogP contribution in [0.2, 0.25) is 0 Å². The maximum atomic E-state index is 12.9. The molecule has 36 heavy (non-hydrogen) atoms. The van der Waals surface area contributed by atoms with E-state index in [4.69, 9.17) is 5.73 Å².